The van der Waals surface area contributed by atoms with E-state index in [4.69, 9.17) is 5.73 Å². The molecule has 4 rings (SSSR count). The molecule has 0 saturated carbocycles. The van der Waals surface area contributed by atoms with E-state index in [0.29, 0.717) is 11.6 Å². The SMILES string of the molecule is CC(C)c1ccc(Nc2sc(C(=O)c3ccc(F)cc3)c(N)c2S(=O)(=O)c2ccccc2)cc1. The molecular weight excluding hydrogens is 471 g/mol. The summed E-state index contributed by atoms with van der Waals surface area (Å²) >= 11 is 0.962. The number of ketones is 1. The van der Waals surface area contributed by atoms with Crippen LogP contribution in [-0.2, 0) is 9.84 Å². The predicted octanol–water partition coefficient (Wildman–Crippen LogP) is 6.40. The van der Waals surface area contributed by atoms with Crippen molar-refractivity contribution >= 4 is 43.3 Å². The van der Waals surface area contributed by atoms with Crippen molar-refractivity contribution in [3.05, 3.63) is 101 Å². The summed E-state index contributed by atoms with van der Waals surface area (Å²) in [7, 11) is -4.03. The first-order valence-corrected chi connectivity index (χ1v) is 12.9. The molecule has 4 aromatic rings. The van der Waals surface area contributed by atoms with Crippen LogP contribution in [0, 0.1) is 5.82 Å². The fourth-order valence-electron chi connectivity index (χ4n) is 3.48. The summed E-state index contributed by atoms with van der Waals surface area (Å²) in [4.78, 5) is 13.2. The van der Waals surface area contributed by atoms with Crippen LogP contribution in [0.4, 0.5) is 20.8 Å². The average Bonchev–Trinajstić information content (AvgIpc) is 3.16. The number of benzene rings is 3. The zero-order valence-corrected chi connectivity index (χ0v) is 20.2. The molecule has 8 heteroatoms. The minimum Gasteiger partial charge on any atom is -0.396 e. The van der Waals surface area contributed by atoms with Crippen molar-refractivity contribution in [2.45, 2.75) is 29.6 Å². The normalized spacial score (nSPS) is 11.5. The summed E-state index contributed by atoms with van der Waals surface area (Å²) in [5.74, 6) is -0.606. The van der Waals surface area contributed by atoms with Crippen LogP contribution in [0.15, 0.2) is 88.7 Å². The number of rotatable bonds is 7. The lowest BCUT2D eigenvalue weighted by atomic mass is 10.0. The minimum absolute atomic E-state index is 0.0680. The van der Waals surface area contributed by atoms with Crippen LogP contribution in [0.5, 0.6) is 0 Å². The van der Waals surface area contributed by atoms with Crippen LogP contribution in [0.3, 0.4) is 0 Å². The molecule has 0 fully saturated rings. The Morgan fingerprint density at radius 3 is 2.15 bits per heavy atom. The second-order valence-electron chi connectivity index (χ2n) is 8.06. The lowest BCUT2D eigenvalue weighted by Gasteiger charge is -2.11. The Hall–Kier alpha value is -3.49. The number of carbonyl (C=O) groups excluding carboxylic acids is 1. The van der Waals surface area contributed by atoms with E-state index >= 15 is 0 Å². The third-order valence-electron chi connectivity index (χ3n) is 5.37. The number of sulfone groups is 1. The third-order valence-corrected chi connectivity index (χ3v) is 8.47. The Kier molecular flexibility index (Phi) is 6.54. The van der Waals surface area contributed by atoms with E-state index < -0.39 is 21.4 Å². The highest BCUT2D eigenvalue weighted by Gasteiger charge is 2.31. The topological polar surface area (TPSA) is 89.3 Å². The van der Waals surface area contributed by atoms with Gasteiger partial charge in [0, 0.05) is 11.3 Å². The molecule has 0 bridgehead atoms. The number of anilines is 3. The third kappa shape index (κ3) is 4.60. The van der Waals surface area contributed by atoms with Gasteiger partial charge in [0.25, 0.3) is 0 Å². The zero-order chi connectivity index (χ0) is 24.5. The first kappa shape index (κ1) is 23.7. The van der Waals surface area contributed by atoms with Gasteiger partial charge in [0.2, 0.25) is 15.6 Å². The molecule has 3 N–H and O–H groups in total. The van der Waals surface area contributed by atoms with Crippen LogP contribution >= 0.6 is 11.3 Å². The molecule has 0 atom stereocenters. The van der Waals surface area contributed by atoms with E-state index in [1.807, 2.05) is 24.3 Å². The molecular formula is C26H23FN2O3S2. The van der Waals surface area contributed by atoms with Gasteiger partial charge in [-0.1, -0.05) is 44.2 Å². The Bertz CT molecular complexity index is 1430. The predicted molar refractivity (Wildman–Crippen MR) is 134 cm³/mol. The van der Waals surface area contributed by atoms with E-state index in [-0.39, 0.29) is 30.9 Å². The van der Waals surface area contributed by atoms with E-state index in [1.54, 1.807) is 18.2 Å². The highest BCUT2D eigenvalue weighted by atomic mass is 32.2. The second kappa shape index (κ2) is 9.40. The van der Waals surface area contributed by atoms with Gasteiger partial charge in [-0.15, -0.1) is 11.3 Å². The van der Waals surface area contributed by atoms with Gasteiger partial charge < -0.3 is 11.1 Å². The van der Waals surface area contributed by atoms with Crippen LogP contribution in [-0.4, -0.2) is 14.2 Å². The van der Waals surface area contributed by atoms with E-state index in [0.717, 1.165) is 16.9 Å². The van der Waals surface area contributed by atoms with Gasteiger partial charge in [-0.2, -0.15) is 0 Å². The van der Waals surface area contributed by atoms with Gasteiger partial charge in [0.05, 0.1) is 10.6 Å². The molecule has 0 radical (unpaired) electrons. The molecule has 0 aliphatic rings. The van der Waals surface area contributed by atoms with Crippen molar-refractivity contribution < 1.29 is 17.6 Å². The maximum Gasteiger partial charge on any atom is 0.211 e. The quantitative estimate of drug-likeness (QED) is 0.290. The van der Waals surface area contributed by atoms with Gasteiger partial charge in [-0.25, -0.2) is 12.8 Å². The Balaban J connectivity index is 1.84. The number of nitrogens with one attached hydrogen (secondary N) is 1. The highest BCUT2D eigenvalue weighted by Crippen LogP contribution is 2.44. The van der Waals surface area contributed by atoms with Gasteiger partial charge in [0.15, 0.2) is 0 Å². The van der Waals surface area contributed by atoms with Crippen molar-refractivity contribution in [2.24, 2.45) is 0 Å². The van der Waals surface area contributed by atoms with Gasteiger partial charge in [-0.3, -0.25) is 4.79 Å². The highest BCUT2D eigenvalue weighted by molar-refractivity contribution is 7.92. The first-order chi connectivity index (χ1) is 16.2. The number of thiophene rings is 1. The minimum atomic E-state index is -4.03. The Labute approximate surface area is 202 Å². The molecule has 1 heterocycles. The summed E-state index contributed by atoms with van der Waals surface area (Å²) in [6.07, 6.45) is 0. The van der Waals surface area contributed by atoms with E-state index in [2.05, 4.69) is 19.2 Å². The molecule has 34 heavy (non-hydrogen) atoms. The summed E-state index contributed by atoms with van der Waals surface area (Å²) in [5.41, 5.74) is 8.19. The smallest absolute Gasteiger partial charge is 0.211 e. The largest absolute Gasteiger partial charge is 0.396 e. The molecule has 1 aromatic heterocycles. The fourth-order valence-corrected chi connectivity index (χ4v) is 6.43. The zero-order valence-electron chi connectivity index (χ0n) is 18.6. The number of hydrogen-bond acceptors (Lipinski definition) is 6. The van der Waals surface area contributed by atoms with Crippen molar-refractivity contribution in [1.29, 1.82) is 0 Å². The van der Waals surface area contributed by atoms with Crippen molar-refractivity contribution in [1.82, 2.24) is 0 Å². The molecule has 0 aliphatic carbocycles. The van der Waals surface area contributed by atoms with E-state index in [1.165, 1.54) is 36.4 Å². The Morgan fingerprint density at radius 1 is 0.941 bits per heavy atom. The molecule has 0 unspecified atom stereocenters. The molecule has 0 aliphatic heterocycles. The van der Waals surface area contributed by atoms with Crippen LogP contribution < -0.4 is 11.1 Å². The molecule has 3 aromatic carbocycles. The molecule has 0 saturated heterocycles. The number of hydrogen-bond donors (Lipinski definition) is 2. The molecule has 0 amide bonds. The number of nitrogen functional groups attached to an aromatic ring is 1. The van der Waals surface area contributed by atoms with Crippen LogP contribution in [0.1, 0.15) is 40.6 Å². The number of carbonyl (C=O) groups is 1. The summed E-state index contributed by atoms with van der Waals surface area (Å²) in [5, 5.41) is 3.38. The Morgan fingerprint density at radius 2 is 1.56 bits per heavy atom. The standard InChI is InChI=1S/C26H23FN2O3S2/c1-16(2)17-10-14-20(15-11-17)29-26-25(34(31,32)21-6-4-3-5-7-21)22(28)24(33-26)23(30)18-8-12-19(27)13-9-18/h3-16,29H,28H2,1-2H3. The molecule has 174 valence electrons. The molecule has 5 nitrogen and oxygen atoms in total. The summed E-state index contributed by atoms with van der Waals surface area (Å²) < 4.78 is 40.4. The second-order valence-corrected chi connectivity index (χ2v) is 11.0. The number of halogens is 1. The summed E-state index contributed by atoms with van der Waals surface area (Å²) in [6.45, 7) is 4.17. The van der Waals surface area contributed by atoms with Crippen LogP contribution in [0.25, 0.3) is 0 Å². The van der Waals surface area contributed by atoms with Gasteiger partial charge >= 0.3 is 0 Å². The average molecular weight is 495 g/mol. The lowest BCUT2D eigenvalue weighted by Crippen LogP contribution is -2.08. The van der Waals surface area contributed by atoms with Gasteiger partial charge in [-0.05, 0) is 60.0 Å². The van der Waals surface area contributed by atoms with Crippen molar-refractivity contribution in [2.75, 3.05) is 11.1 Å². The van der Waals surface area contributed by atoms with E-state index in [9.17, 15) is 17.6 Å². The first-order valence-electron chi connectivity index (χ1n) is 10.6. The van der Waals surface area contributed by atoms with Gasteiger partial charge in [0.1, 0.15) is 20.6 Å². The lowest BCUT2D eigenvalue weighted by molar-refractivity contribution is 0.104. The van der Waals surface area contributed by atoms with Crippen LogP contribution in [0.2, 0.25) is 0 Å². The number of nitrogens with two attached hydrogens (primary N) is 1. The fraction of sp³-hybridized carbons (Fsp3) is 0.115. The van der Waals surface area contributed by atoms with Crippen molar-refractivity contribution in [3.63, 3.8) is 0 Å². The monoisotopic (exact) mass is 494 g/mol. The molecule has 0 spiro atoms. The summed E-state index contributed by atoms with van der Waals surface area (Å²) in [6, 6.07) is 20.6. The maximum absolute atomic E-state index is 13.6. The maximum atomic E-state index is 13.6. The van der Waals surface area contributed by atoms with Crippen molar-refractivity contribution in [3.8, 4) is 0 Å².